The summed E-state index contributed by atoms with van der Waals surface area (Å²) < 4.78 is 53.7. The molecule has 120 valence electrons. The van der Waals surface area contributed by atoms with Crippen molar-refractivity contribution in [3.05, 3.63) is 0 Å². The third-order valence-corrected chi connectivity index (χ3v) is 6.54. The molecule has 1 aliphatic heterocycles. The van der Waals surface area contributed by atoms with Gasteiger partial charge in [-0.3, -0.25) is 4.79 Å². The number of nitrogens with zero attached hydrogens (tertiary/aromatic N) is 1. The van der Waals surface area contributed by atoms with E-state index in [1.54, 1.807) is 0 Å². The molecule has 0 radical (unpaired) electrons. The van der Waals surface area contributed by atoms with Gasteiger partial charge in [0.15, 0.2) is 0 Å². The number of carbonyl (C=O) groups is 1. The van der Waals surface area contributed by atoms with Gasteiger partial charge in [0, 0.05) is 19.0 Å². The molecule has 0 amide bonds. The molecule has 2 saturated carbocycles. The molecule has 9 heteroatoms. The number of aliphatic carboxylic acids is 1. The van der Waals surface area contributed by atoms with Crippen molar-refractivity contribution >= 4 is 16.2 Å². The first-order valence-corrected chi connectivity index (χ1v) is 8.53. The number of rotatable bonds is 4. The van der Waals surface area contributed by atoms with Gasteiger partial charge in [0.2, 0.25) is 0 Å². The minimum Gasteiger partial charge on any atom is -0.481 e. The normalized spacial score (nSPS) is 39.0. The maximum atomic E-state index is 13.1. The third-order valence-electron chi connectivity index (χ3n) is 4.98. The molecule has 3 aliphatic rings. The Bertz CT molecular complexity index is 553. The minimum atomic E-state index is -4.06. The molecular weight excluding hydrogens is 306 g/mol. The summed E-state index contributed by atoms with van der Waals surface area (Å²) in [6.07, 6.45) is 1.98. The van der Waals surface area contributed by atoms with Crippen LogP contribution in [0.25, 0.3) is 0 Å². The van der Waals surface area contributed by atoms with Crippen LogP contribution in [0.1, 0.15) is 25.7 Å². The monoisotopic (exact) mass is 324 g/mol. The lowest BCUT2D eigenvalue weighted by Gasteiger charge is -2.46. The highest BCUT2D eigenvalue weighted by molar-refractivity contribution is 7.87. The SMILES string of the molecule is O=C(O)[C@H]1[C@H]2CCC[C@H]2[C@@H]1NS(=O)(=O)N1CCC(F)(F)C1. The molecule has 1 heterocycles. The first-order valence-electron chi connectivity index (χ1n) is 7.09. The second-order valence-corrected chi connectivity index (χ2v) is 7.91. The van der Waals surface area contributed by atoms with Crippen LogP contribution >= 0.6 is 0 Å². The van der Waals surface area contributed by atoms with Crippen molar-refractivity contribution in [1.29, 1.82) is 0 Å². The van der Waals surface area contributed by atoms with Gasteiger partial charge in [-0.15, -0.1) is 0 Å². The molecule has 3 rings (SSSR count). The van der Waals surface area contributed by atoms with Crippen LogP contribution in [0, 0.1) is 17.8 Å². The van der Waals surface area contributed by atoms with Crippen molar-refractivity contribution in [2.45, 2.75) is 37.6 Å². The summed E-state index contributed by atoms with van der Waals surface area (Å²) in [6, 6.07) is -0.672. The minimum absolute atomic E-state index is 0.00946. The molecule has 4 atom stereocenters. The second-order valence-electron chi connectivity index (χ2n) is 6.21. The van der Waals surface area contributed by atoms with E-state index in [0.29, 0.717) is 4.31 Å². The van der Waals surface area contributed by atoms with E-state index < -0.39 is 47.0 Å². The highest BCUT2D eigenvalue weighted by atomic mass is 32.2. The fourth-order valence-electron chi connectivity index (χ4n) is 3.95. The zero-order valence-corrected chi connectivity index (χ0v) is 12.2. The Morgan fingerprint density at radius 3 is 2.52 bits per heavy atom. The van der Waals surface area contributed by atoms with E-state index in [0.717, 1.165) is 19.3 Å². The Kier molecular flexibility index (Phi) is 3.49. The molecule has 6 nitrogen and oxygen atoms in total. The van der Waals surface area contributed by atoms with E-state index in [4.69, 9.17) is 0 Å². The molecule has 2 N–H and O–H groups in total. The maximum Gasteiger partial charge on any atom is 0.308 e. The average Bonchev–Trinajstić information content (AvgIpc) is 2.90. The fraction of sp³-hybridized carbons (Fsp3) is 0.917. The van der Waals surface area contributed by atoms with Crippen LogP contribution in [0.4, 0.5) is 8.78 Å². The standard InChI is InChI=1S/C12H18F2N2O4S/c13-12(14)4-5-16(6-12)21(19,20)15-10-8-3-1-2-7(8)9(10)11(17)18/h7-10,15H,1-6H2,(H,17,18)/t7-,8+,9-,10-/m0/s1. The van der Waals surface area contributed by atoms with E-state index in [9.17, 15) is 27.1 Å². The zero-order chi connectivity index (χ0) is 15.4. The largest absolute Gasteiger partial charge is 0.481 e. The van der Waals surface area contributed by atoms with Crippen LogP contribution in [-0.2, 0) is 15.0 Å². The number of nitrogens with one attached hydrogen (secondary N) is 1. The van der Waals surface area contributed by atoms with Gasteiger partial charge in [-0.05, 0) is 24.7 Å². The van der Waals surface area contributed by atoms with Gasteiger partial charge in [0.25, 0.3) is 16.1 Å². The highest BCUT2D eigenvalue weighted by Crippen LogP contribution is 2.51. The van der Waals surface area contributed by atoms with Crippen molar-refractivity contribution in [2.75, 3.05) is 13.1 Å². The van der Waals surface area contributed by atoms with Gasteiger partial charge in [-0.25, -0.2) is 8.78 Å². The fourth-order valence-corrected chi connectivity index (χ4v) is 5.45. The summed E-state index contributed by atoms with van der Waals surface area (Å²) in [5.74, 6) is -4.73. The Morgan fingerprint density at radius 2 is 1.95 bits per heavy atom. The molecule has 0 unspecified atom stereocenters. The van der Waals surface area contributed by atoms with Gasteiger partial charge < -0.3 is 5.11 Å². The van der Waals surface area contributed by atoms with Crippen LogP contribution in [0.2, 0.25) is 0 Å². The summed E-state index contributed by atoms with van der Waals surface area (Å²) in [7, 11) is -4.06. The van der Waals surface area contributed by atoms with Crippen molar-refractivity contribution in [1.82, 2.24) is 9.03 Å². The zero-order valence-electron chi connectivity index (χ0n) is 11.3. The maximum absolute atomic E-state index is 13.1. The smallest absolute Gasteiger partial charge is 0.308 e. The van der Waals surface area contributed by atoms with Crippen LogP contribution < -0.4 is 4.72 Å². The summed E-state index contributed by atoms with van der Waals surface area (Å²) in [6.45, 7) is -1.07. The highest BCUT2D eigenvalue weighted by Gasteiger charge is 2.57. The predicted octanol–water partition coefficient (Wildman–Crippen LogP) is 0.661. The van der Waals surface area contributed by atoms with E-state index in [-0.39, 0.29) is 18.4 Å². The van der Waals surface area contributed by atoms with Gasteiger partial charge >= 0.3 is 5.97 Å². The Morgan fingerprint density at radius 1 is 1.29 bits per heavy atom. The quantitative estimate of drug-likeness (QED) is 0.795. The average molecular weight is 324 g/mol. The molecule has 0 aromatic heterocycles. The van der Waals surface area contributed by atoms with Gasteiger partial charge in [-0.2, -0.15) is 17.4 Å². The number of fused-ring (bicyclic) bond motifs is 1. The van der Waals surface area contributed by atoms with E-state index in [1.807, 2.05) is 0 Å². The number of hydrogen-bond donors (Lipinski definition) is 2. The molecule has 0 spiro atoms. The molecule has 0 aromatic carbocycles. The topological polar surface area (TPSA) is 86.7 Å². The predicted molar refractivity (Wildman–Crippen MR) is 68.9 cm³/mol. The Balaban J connectivity index is 1.72. The van der Waals surface area contributed by atoms with Gasteiger partial charge in [0.1, 0.15) is 0 Å². The Labute approximate surface area is 121 Å². The molecule has 3 fully saturated rings. The number of carboxylic acids is 1. The third kappa shape index (κ3) is 2.55. The molecule has 0 bridgehead atoms. The Hall–Kier alpha value is -0.800. The molecule has 1 saturated heterocycles. The molecular formula is C12H18F2N2O4S. The van der Waals surface area contributed by atoms with Crippen molar-refractivity contribution in [3.8, 4) is 0 Å². The molecule has 0 aromatic rings. The van der Waals surface area contributed by atoms with Gasteiger partial charge in [0.05, 0.1) is 12.5 Å². The number of alkyl halides is 2. The number of hydrogen-bond acceptors (Lipinski definition) is 3. The summed E-state index contributed by atoms with van der Waals surface area (Å²) in [4.78, 5) is 11.3. The number of carboxylic acid groups (broad SMARTS) is 1. The van der Waals surface area contributed by atoms with Crippen molar-refractivity contribution in [2.24, 2.45) is 17.8 Å². The van der Waals surface area contributed by atoms with E-state index in [1.165, 1.54) is 0 Å². The van der Waals surface area contributed by atoms with Crippen LogP contribution in [0.5, 0.6) is 0 Å². The van der Waals surface area contributed by atoms with Crippen LogP contribution in [0.15, 0.2) is 0 Å². The summed E-state index contributed by atoms with van der Waals surface area (Å²) in [5.41, 5.74) is 0. The summed E-state index contributed by atoms with van der Waals surface area (Å²) in [5, 5.41) is 9.23. The first kappa shape index (κ1) is 15.1. The van der Waals surface area contributed by atoms with E-state index in [2.05, 4.69) is 4.72 Å². The van der Waals surface area contributed by atoms with Gasteiger partial charge in [-0.1, -0.05) is 6.42 Å². The number of halogens is 2. The first-order chi connectivity index (χ1) is 9.71. The second kappa shape index (κ2) is 4.85. The van der Waals surface area contributed by atoms with Crippen molar-refractivity contribution < 1.29 is 27.1 Å². The van der Waals surface area contributed by atoms with Crippen molar-refractivity contribution in [3.63, 3.8) is 0 Å². The lowest BCUT2D eigenvalue weighted by Crippen LogP contribution is -2.62. The molecule has 2 aliphatic carbocycles. The molecule has 21 heavy (non-hydrogen) atoms. The summed E-state index contributed by atoms with van der Waals surface area (Å²) >= 11 is 0. The lowest BCUT2D eigenvalue weighted by atomic mass is 9.63. The van der Waals surface area contributed by atoms with Crippen LogP contribution in [-0.4, -0.2) is 48.9 Å². The lowest BCUT2D eigenvalue weighted by molar-refractivity contribution is -0.152. The van der Waals surface area contributed by atoms with E-state index >= 15 is 0 Å². The van der Waals surface area contributed by atoms with Crippen LogP contribution in [0.3, 0.4) is 0 Å².